The maximum absolute atomic E-state index is 13.7. The average Bonchev–Trinajstić information content (AvgIpc) is 2.43. The third kappa shape index (κ3) is 3.56. The number of amides is 1. The molecule has 110 valence electrons. The Bertz CT molecular complexity index is 512. The first kappa shape index (κ1) is 15.0. The zero-order chi connectivity index (χ0) is 14.5. The number of nitrogens with one attached hydrogen (secondary N) is 2. The van der Waals surface area contributed by atoms with Crippen LogP contribution in [0.25, 0.3) is 0 Å². The molecule has 1 aliphatic rings. The van der Waals surface area contributed by atoms with E-state index in [1.807, 2.05) is 6.92 Å². The Morgan fingerprint density at radius 1 is 1.40 bits per heavy atom. The molecule has 1 heterocycles. The molecule has 4 nitrogen and oxygen atoms in total. The van der Waals surface area contributed by atoms with E-state index in [1.165, 1.54) is 12.1 Å². The van der Waals surface area contributed by atoms with Crippen molar-refractivity contribution in [2.75, 3.05) is 23.4 Å². The minimum absolute atomic E-state index is 0.0259. The predicted molar refractivity (Wildman–Crippen MR) is 78.9 cm³/mol. The van der Waals surface area contributed by atoms with Crippen molar-refractivity contribution < 1.29 is 13.4 Å². The second-order valence-electron chi connectivity index (χ2n) is 4.79. The first-order valence-corrected chi connectivity index (χ1v) is 8.29. The molecule has 0 aromatic heterocycles. The normalized spacial score (nSPS) is 22.3. The second kappa shape index (κ2) is 6.83. The van der Waals surface area contributed by atoms with Crippen molar-refractivity contribution >= 4 is 22.4 Å². The summed E-state index contributed by atoms with van der Waals surface area (Å²) in [5, 5.41) is 5.79. The highest BCUT2D eigenvalue weighted by atomic mass is 32.2. The fraction of sp³-hybridized carbons (Fsp3) is 0.500. The predicted octanol–water partition coefficient (Wildman–Crippen LogP) is 1.90. The third-order valence-corrected chi connectivity index (χ3v) is 4.72. The number of rotatable bonds is 4. The molecule has 1 amide bonds. The maximum atomic E-state index is 13.7. The summed E-state index contributed by atoms with van der Waals surface area (Å²) in [6, 6.07) is 4.50. The Labute approximate surface area is 120 Å². The van der Waals surface area contributed by atoms with Gasteiger partial charge in [-0.05, 0) is 31.9 Å². The first-order valence-electron chi connectivity index (χ1n) is 6.80. The van der Waals surface area contributed by atoms with Crippen molar-refractivity contribution in [3.8, 4) is 0 Å². The number of anilines is 1. The van der Waals surface area contributed by atoms with E-state index in [-0.39, 0.29) is 17.6 Å². The number of carbonyl (C=O) groups is 1. The molecule has 20 heavy (non-hydrogen) atoms. The molecule has 0 atom stereocenters. The van der Waals surface area contributed by atoms with Gasteiger partial charge in [-0.25, -0.2) is 4.39 Å². The number of carbonyl (C=O) groups excluding carboxylic acids is 1. The van der Waals surface area contributed by atoms with E-state index in [2.05, 4.69) is 10.6 Å². The van der Waals surface area contributed by atoms with Crippen LogP contribution in [-0.4, -0.2) is 34.2 Å². The standard InChI is InChI=1S/C14H19FN2O2S/c1-2-16-13-11(4-3-5-12(13)15)14(18)17-10-6-8-20(19)9-7-10/h3-5,10,16H,2,6-9H2,1H3,(H,17,18). The van der Waals surface area contributed by atoms with Gasteiger partial charge in [0.05, 0.1) is 11.3 Å². The van der Waals surface area contributed by atoms with Crippen molar-refractivity contribution in [3.05, 3.63) is 29.6 Å². The number of hydrogen-bond donors (Lipinski definition) is 2. The van der Waals surface area contributed by atoms with Crippen LogP contribution in [0.4, 0.5) is 10.1 Å². The minimum Gasteiger partial charge on any atom is -0.382 e. The molecule has 1 saturated heterocycles. The van der Waals surface area contributed by atoms with E-state index in [0.717, 1.165) is 0 Å². The van der Waals surface area contributed by atoms with Crippen LogP contribution in [0.3, 0.4) is 0 Å². The lowest BCUT2D eigenvalue weighted by molar-refractivity contribution is 0.0935. The molecule has 2 rings (SSSR count). The Hall–Kier alpha value is -1.43. The summed E-state index contributed by atoms with van der Waals surface area (Å²) in [5.41, 5.74) is 0.561. The third-order valence-electron chi connectivity index (χ3n) is 3.33. The van der Waals surface area contributed by atoms with Gasteiger partial charge in [0, 0.05) is 34.9 Å². The molecular formula is C14H19FN2O2S. The highest BCUT2D eigenvalue weighted by Crippen LogP contribution is 2.20. The molecule has 6 heteroatoms. The molecular weight excluding hydrogens is 279 g/mol. The molecule has 1 fully saturated rings. The van der Waals surface area contributed by atoms with Gasteiger partial charge in [-0.1, -0.05) is 6.07 Å². The molecule has 2 N–H and O–H groups in total. The van der Waals surface area contributed by atoms with Gasteiger partial charge in [0.25, 0.3) is 5.91 Å². The van der Waals surface area contributed by atoms with Crippen molar-refractivity contribution in [2.45, 2.75) is 25.8 Å². The topological polar surface area (TPSA) is 58.2 Å². The molecule has 0 saturated carbocycles. The van der Waals surface area contributed by atoms with Gasteiger partial charge in [-0.15, -0.1) is 0 Å². The summed E-state index contributed by atoms with van der Waals surface area (Å²) >= 11 is 0. The number of halogens is 1. The lowest BCUT2D eigenvalue weighted by Gasteiger charge is -2.23. The molecule has 0 unspecified atom stereocenters. The fourth-order valence-corrected chi connectivity index (χ4v) is 3.57. The summed E-state index contributed by atoms with van der Waals surface area (Å²) in [7, 11) is -0.755. The smallest absolute Gasteiger partial charge is 0.253 e. The summed E-state index contributed by atoms with van der Waals surface area (Å²) in [6.45, 7) is 2.40. The lowest BCUT2D eigenvalue weighted by atomic mass is 10.1. The Morgan fingerprint density at radius 3 is 2.75 bits per heavy atom. The molecule has 1 aromatic rings. The first-order chi connectivity index (χ1) is 9.61. The SMILES string of the molecule is CCNc1c(F)cccc1C(=O)NC1CCS(=O)CC1. The summed E-state index contributed by atoms with van der Waals surface area (Å²) in [5.74, 6) is 0.532. The molecule has 0 aliphatic carbocycles. The van der Waals surface area contributed by atoms with Gasteiger partial charge in [-0.3, -0.25) is 9.00 Å². The Balaban J connectivity index is 2.09. The van der Waals surface area contributed by atoms with Crippen LogP contribution >= 0.6 is 0 Å². The van der Waals surface area contributed by atoms with Gasteiger partial charge in [-0.2, -0.15) is 0 Å². The van der Waals surface area contributed by atoms with Crippen LogP contribution < -0.4 is 10.6 Å². The monoisotopic (exact) mass is 298 g/mol. The number of para-hydroxylation sites is 1. The molecule has 1 aromatic carbocycles. The summed E-state index contributed by atoms with van der Waals surface area (Å²) in [4.78, 5) is 12.2. The van der Waals surface area contributed by atoms with Gasteiger partial charge >= 0.3 is 0 Å². The summed E-state index contributed by atoms with van der Waals surface area (Å²) in [6.07, 6.45) is 1.43. The zero-order valence-electron chi connectivity index (χ0n) is 11.4. The van der Waals surface area contributed by atoms with E-state index >= 15 is 0 Å². The number of benzene rings is 1. The summed E-state index contributed by atoms with van der Waals surface area (Å²) < 4.78 is 25.0. The van der Waals surface area contributed by atoms with Crippen molar-refractivity contribution in [3.63, 3.8) is 0 Å². The maximum Gasteiger partial charge on any atom is 0.253 e. The fourth-order valence-electron chi connectivity index (χ4n) is 2.27. The lowest BCUT2D eigenvalue weighted by Crippen LogP contribution is -2.39. The van der Waals surface area contributed by atoms with E-state index in [0.29, 0.717) is 36.5 Å². The quantitative estimate of drug-likeness (QED) is 0.892. The van der Waals surface area contributed by atoms with Crippen LogP contribution in [0.5, 0.6) is 0 Å². The largest absolute Gasteiger partial charge is 0.382 e. The minimum atomic E-state index is -0.755. The second-order valence-corrected chi connectivity index (χ2v) is 6.48. The molecule has 1 aliphatic heterocycles. The van der Waals surface area contributed by atoms with E-state index < -0.39 is 16.6 Å². The van der Waals surface area contributed by atoms with Gasteiger partial charge < -0.3 is 10.6 Å². The Morgan fingerprint density at radius 2 is 2.10 bits per heavy atom. The van der Waals surface area contributed by atoms with Crippen LogP contribution in [0.1, 0.15) is 30.1 Å². The van der Waals surface area contributed by atoms with Crippen LogP contribution in [0.2, 0.25) is 0 Å². The van der Waals surface area contributed by atoms with Gasteiger partial charge in [0.2, 0.25) is 0 Å². The van der Waals surface area contributed by atoms with Crippen molar-refractivity contribution in [2.24, 2.45) is 0 Å². The molecule has 0 bridgehead atoms. The van der Waals surface area contributed by atoms with Crippen LogP contribution in [0.15, 0.2) is 18.2 Å². The zero-order valence-corrected chi connectivity index (χ0v) is 12.3. The van der Waals surface area contributed by atoms with E-state index in [4.69, 9.17) is 0 Å². The molecule has 0 spiro atoms. The van der Waals surface area contributed by atoms with E-state index in [9.17, 15) is 13.4 Å². The molecule has 0 radical (unpaired) electrons. The highest BCUT2D eigenvalue weighted by molar-refractivity contribution is 7.85. The van der Waals surface area contributed by atoms with Crippen LogP contribution in [0, 0.1) is 5.82 Å². The van der Waals surface area contributed by atoms with E-state index in [1.54, 1.807) is 6.07 Å². The van der Waals surface area contributed by atoms with Crippen LogP contribution in [-0.2, 0) is 10.8 Å². The van der Waals surface area contributed by atoms with Gasteiger partial charge in [0.1, 0.15) is 5.82 Å². The highest BCUT2D eigenvalue weighted by Gasteiger charge is 2.22. The number of hydrogen-bond acceptors (Lipinski definition) is 3. The van der Waals surface area contributed by atoms with Gasteiger partial charge in [0.15, 0.2) is 0 Å². The van der Waals surface area contributed by atoms with Crippen molar-refractivity contribution in [1.29, 1.82) is 0 Å². The Kier molecular flexibility index (Phi) is 5.11. The van der Waals surface area contributed by atoms with Crippen molar-refractivity contribution in [1.82, 2.24) is 5.32 Å². The average molecular weight is 298 g/mol.